The molecule has 2 aromatic rings. The second kappa shape index (κ2) is 8.86. The molecule has 0 saturated carbocycles. The summed E-state index contributed by atoms with van der Waals surface area (Å²) in [6, 6.07) is 18.3. The lowest BCUT2D eigenvalue weighted by molar-refractivity contribution is 0.0317. The molecule has 136 valence electrons. The fourth-order valence-electron chi connectivity index (χ4n) is 2.49. The minimum Gasteiger partial charge on any atom is -0.598 e. The summed E-state index contributed by atoms with van der Waals surface area (Å²) in [7, 11) is 0. The molecule has 0 heterocycles. The van der Waals surface area contributed by atoms with Gasteiger partial charge in [0.25, 0.3) is 0 Å². The third-order valence-corrected chi connectivity index (χ3v) is 5.60. The Morgan fingerprint density at radius 3 is 2.36 bits per heavy atom. The van der Waals surface area contributed by atoms with Crippen molar-refractivity contribution in [1.29, 1.82) is 0 Å². The topological polar surface area (TPSA) is 44.3 Å². The number of nitrogens with one attached hydrogen (secondary N) is 1. The molecule has 3 atom stereocenters. The highest BCUT2D eigenvalue weighted by Gasteiger charge is 2.32. The van der Waals surface area contributed by atoms with E-state index in [9.17, 15) is 4.55 Å². The van der Waals surface area contributed by atoms with Crippen molar-refractivity contribution in [3.05, 3.63) is 71.3 Å². The van der Waals surface area contributed by atoms with Crippen molar-refractivity contribution >= 4 is 11.4 Å². The Kier molecular flexibility index (Phi) is 7.08. The highest BCUT2D eigenvalue weighted by atomic mass is 32.2. The second-order valence-electron chi connectivity index (χ2n) is 7.39. The van der Waals surface area contributed by atoms with E-state index in [-0.39, 0.29) is 16.9 Å². The Hall–Kier alpha value is -1.33. The molecule has 3 unspecified atom stereocenters. The van der Waals surface area contributed by atoms with Crippen molar-refractivity contribution < 1.29 is 9.29 Å². The molecule has 0 aliphatic heterocycles. The van der Waals surface area contributed by atoms with Crippen LogP contribution in [0.15, 0.2) is 54.6 Å². The average Bonchev–Trinajstić information content (AvgIpc) is 2.57. The lowest BCUT2D eigenvalue weighted by Gasteiger charge is -2.31. The molecule has 0 aliphatic carbocycles. The zero-order valence-corrected chi connectivity index (χ0v) is 16.6. The minimum absolute atomic E-state index is 0.117. The van der Waals surface area contributed by atoms with Crippen molar-refractivity contribution in [3.8, 4) is 0 Å². The van der Waals surface area contributed by atoms with E-state index in [2.05, 4.69) is 42.0 Å². The standard InChI is InChI=1S/C21H29NO2S/c1-16-10-9-13-19(14-16)20(22-25(23)21(3,4)5)17(2)24-15-18-11-7-6-8-12-18/h6-14,17,20,22H,15H2,1-5H3. The molecule has 2 rings (SSSR count). The summed E-state index contributed by atoms with van der Waals surface area (Å²) < 4.78 is 21.7. The normalized spacial score (nSPS) is 15.6. The summed E-state index contributed by atoms with van der Waals surface area (Å²) in [5.74, 6) is 0. The molecule has 2 aromatic carbocycles. The Balaban J connectivity index is 2.15. The van der Waals surface area contributed by atoms with E-state index < -0.39 is 11.4 Å². The third-order valence-electron chi connectivity index (χ3n) is 4.02. The van der Waals surface area contributed by atoms with Gasteiger partial charge in [0.15, 0.2) is 0 Å². The summed E-state index contributed by atoms with van der Waals surface area (Å²) in [6.07, 6.45) is -0.117. The summed E-state index contributed by atoms with van der Waals surface area (Å²) in [5.41, 5.74) is 3.41. The van der Waals surface area contributed by atoms with Gasteiger partial charge < -0.3 is 9.29 Å². The molecule has 0 saturated heterocycles. The van der Waals surface area contributed by atoms with E-state index in [4.69, 9.17) is 4.74 Å². The van der Waals surface area contributed by atoms with Gasteiger partial charge in [-0.3, -0.25) is 0 Å². The van der Waals surface area contributed by atoms with Crippen LogP contribution in [0.3, 0.4) is 0 Å². The molecule has 0 amide bonds. The highest BCUT2D eigenvalue weighted by molar-refractivity contribution is 7.90. The number of aryl methyl sites for hydroxylation is 1. The first-order valence-corrected chi connectivity index (χ1v) is 9.82. The molecule has 0 aromatic heterocycles. The van der Waals surface area contributed by atoms with Crippen LogP contribution in [0.25, 0.3) is 0 Å². The van der Waals surface area contributed by atoms with E-state index in [1.807, 2.05) is 52.0 Å². The van der Waals surface area contributed by atoms with Crippen LogP contribution in [0.1, 0.15) is 50.4 Å². The number of hydrogen-bond donors (Lipinski definition) is 1. The molecule has 1 N–H and O–H groups in total. The Labute approximate surface area is 155 Å². The molecule has 3 nitrogen and oxygen atoms in total. The number of ether oxygens (including phenoxy) is 1. The zero-order valence-electron chi connectivity index (χ0n) is 15.8. The maximum atomic E-state index is 12.7. The van der Waals surface area contributed by atoms with E-state index in [0.29, 0.717) is 6.61 Å². The maximum Gasteiger partial charge on any atom is 0.136 e. The van der Waals surface area contributed by atoms with Gasteiger partial charge in [0.1, 0.15) is 10.8 Å². The predicted octanol–water partition coefficient (Wildman–Crippen LogP) is 4.69. The molecule has 0 aliphatic rings. The van der Waals surface area contributed by atoms with Gasteiger partial charge in [-0.1, -0.05) is 60.2 Å². The van der Waals surface area contributed by atoms with Crippen LogP contribution < -0.4 is 4.72 Å². The van der Waals surface area contributed by atoms with Crippen molar-refractivity contribution in [1.82, 2.24) is 4.72 Å². The van der Waals surface area contributed by atoms with Crippen LogP contribution in [-0.4, -0.2) is 15.4 Å². The Morgan fingerprint density at radius 1 is 1.08 bits per heavy atom. The van der Waals surface area contributed by atoms with Gasteiger partial charge in [-0.25, -0.2) is 0 Å². The van der Waals surface area contributed by atoms with Gasteiger partial charge in [0.05, 0.1) is 12.7 Å². The molecule has 0 radical (unpaired) electrons. The third kappa shape index (κ3) is 6.15. The number of benzene rings is 2. The van der Waals surface area contributed by atoms with E-state index in [1.54, 1.807) is 0 Å². The van der Waals surface area contributed by atoms with Crippen LogP contribution >= 0.6 is 0 Å². The van der Waals surface area contributed by atoms with Crippen LogP contribution in [0.5, 0.6) is 0 Å². The second-order valence-corrected chi connectivity index (χ2v) is 9.39. The fraction of sp³-hybridized carbons (Fsp3) is 0.429. The maximum absolute atomic E-state index is 12.7. The molecule has 0 spiro atoms. The molecular weight excluding hydrogens is 330 g/mol. The van der Waals surface area contributed by atoms with E-state index in [1.165, 1.54) is 5.56 Å². The van der Waals surface area contributed by atoms with Crippen molar-refractivity contribution in [2.75, 3.05) is 0 Å². The van der Waals surface area contributed by atoms with Crippen LogP contribution in [0.2, 0.25) is 0 Å². The first kappa shape index (κ1) is 20.0. The van der Waals surface area contributed by atoms with E-state index in [0.717, 1.165) is 11.1 Å². The smallest absolute Gasteiger partial charge is 0.136 e. The first-order valence-electron chi connectivity index (χ1n) is 8.67. The number of hydrogen-bond acceptors (Lipinski definition) is 3. The van der Waals surface area contributed by atoms with E-state index >= 15 is 0 Å². The van der Waals surface area contributed by atoms with Gasteiger partial charge in [-0.15, -0.1) is 4.72 Å². The molecule has 4 heteroatoms. The Bertz CT molecular complexity index is 654. The van der Waals surface area contributed by atoms with Gasteiger partial charge in [0.2, 0.25) is 0 Å². The quantitative estimate of drug-likeness (QED) is 0.729. The van der Waals surface area contributed by atoms with Gasteiger partial charge in [-0.05, 0) is 45.7 Å². The lowest BCUT2D eigenvalue weighted by atomic mass is 10.0. The van der Waals surface area contributed by atoms with Crippen LogP contribution in [-0.2, 0) is 22.7 Å². The first-order chi connectivity index (χ1) is 11.8. The summed E-state index contributed by atoms with van der Waals surface area (Å²) >= 11 is -1.17. The van der Waals surface area contributed by atoms with Gasteiger partial charge >= 0.3 is 0 Å². The SMILES string of the molecule is Cc1cccc(C(N[S+]([O-])C(C)(C)C)C(C)OCc2ccccc2)c1. The summed E-state index contributed by atoms with van der Waals surface area (Å²) in [6.45, 7) is 10.5. The highest BCUT2D eigenvalue weighted by Crippen LogP contribution is 2.25. The molecule has 0 bridgehead atoms. The fourth-order valence-corrected chi connectivity index (χ4v) is 3.40. The predicted molar refractivity (Wildman–Crippen MR) is 106 cm³/mol. The zero-order chi connectivity index (χ0) is 18.4. The van der Waals surface area contributed by atoms with Crippen molar-refractivity contribution in [2.45, 2.75) is 58.1 Å². The van der Waals surface area contributed by atoms with Crippen LogP contribution in [0, 0.1) is 6.92 Å². The summed E-state index contributed by atoms with van der Waals surface area (Å²) in [5, 5.41) is 0. The lowest BCUT2D eigenvalue weighted by Crippen LogP contribution is -2.44. The molecule has 25 heavy (non-hydrogen) atoms. The van der Waals surface area contributed by atoms with Gasteiger partial charge in [0, 0.05) is 11.4 Å². The average molecular weight is 360 g/mol. The number of rotatable bonds is 7. The molecule has 0 fully saturated rings. The van der Waals surface area contributed by atoms with Crippen molar-refractivity contribution in [2.24, 2.45) is 0 Å². The van der Waals surface area contributed by atoms with Gasteiger partial charge in [-0.2, -0.15) is 0 Å². The monoisotopic (exact) mass is 359 g/mol. The minimum atomic E-state index is -1.17. The van der Waals surface area contributed by atoms with Crippen LogP contribution in [0.4, 0.5) is 0 Å². The Morgan fingerprint density at radius 2 is 1.76 bits per heavy atom. The largest absolute Gasteiger partial charge is 0.598 e. The van der Waals surface area contributed by atoms with Crippen molar-refractivity contribution in [3.63, 3.8) is 0 Å². The molecular formula is C21H29NO2S. The summed E-state index contributed by atoms with van der Waals surface area (Å²) in [4.78, 5) is 0.